The van der Waals surface area contributed by atoms with E-state index < -0.39 is 0 Å². The van der Waals surface area contributed by atoms with Crippen molar-refractivity contribution >= 4 is 5.91 Å². The van der Waals surface area contributed by atoms with E-state index in [-0.39, 0.29) is 11.9 Å². The molecule has 3 heteroatoms. The van der Waals surface area contributed by atoms with Crippen LogP contribution in [0.1, 0.15) is 46.5 Å². The summed E-state index contributed by atoms with van der Waals surface area (Å²) in [5, 5.41) is 3.39. The van der Waals surface area contributed by atoms with E-state index in [0.29, 0.717) is 6.04 Å². The molecule has 0 radical (unpaired) electrons. The number of likely N-dealkylation sites (N-methyl/N-ethyl adjacent to an activating group) is 1. The number of hydrogen-bond donors (Lipinski definition) is 1. The molecule has 1 amide bonds. The zero-order valence-electron chi connectivity index (χ0n) is 10.8. The van der Waals surface area contributed by atoms with Gasteiger partial charge >= 0.3 is 0 Å². The van der Waals surface area contributed by atoms with Gasteiger partial charge in [0.1, 0.15) is 0 Å². The largest absolute Gasteiger partial charge is 0.347 e. The second kappa shape index (κ2) is 7.69. The van der Waals surface area contributed by atoms with Crippen LogP contribution >= 0.6 is 0 Å². The first kappa shape index (κ1) is 14.4. The molecular weight excluding hydrogens is 188 g/mol. The van der Waals surface area contributed by atoms with E-state index in [0.717, 1.165) is 12.8 Å². The van der Waals surface area contributed by atoms with Gasteiger partial charge in [0.15, 0.2) is 0 Å². The Morgan fingerprint density at radius 2 is 1.93 bits per heavy atom. The topological polar surface area (TPSA) is 32.3 Å². The van der Waals surface area contributed by atoms with E-state index in [1.54, 1.807) is 19.0 Å². The summed E-state index contributed by atoms with van der Waals surface area (Å²) in [7, 11) is 3.60. The zero-order chi connectivity index (χ0) is 11.8. The second-order valence-electron chi connectivity index (χ2n) is 4.37. The quantitative estimate of drug-likeness (QED) is 0.703. The van der Waals surface area contributed by atoms with E-state index in [1.165, 1.54) is 12.8 Å². The van der Waals surface area contributed by atoms with Gasteiger partial charge in [0, 0.05) is 20.1 Å². The van der Waals surface area contributed by atoms with Crippen LogP contribution in [0.5, 0.6) is 0 Å². The molecule has 0 aliphatic heterocycles. The van der Waals surface area contributed by atoms with Crippen molar-refractivity contribution < 1.29 is 4.79 Å². The predicted molar refractivity (Wildman–Crippen MR) is 64.9 cm³/mol. The number of amides is 1. The average Bonchev–Trinajstić information content (AvgIpc) is 2.22. The molecule has 0 rings (SSSR count). The Balaban J connectivity index is 4.00. The minimum absolute atomic E-state index is 0.0678. The number of carbonyl (C=O) groups excluding carboxylic acids is 1. The normalized spacial score (nSPS) is 14.7. The molecule has 1 N–H and O–H groups in total. The highest BCUT2D eigenvalue weighted by molar-refractivity contribution is 5.80. The fraction of sp³-hybridized carbons (Fsp3) is 0.917. The molecule has 0 fully saturated rings. The molecule has 90 valence electrons. The molecule has 0 aromatic rings. The maximum Gasteiger partial charge on any atom is 0.238 e. The highest BCUT2D eigenvalue weighted by atomic mass is 16.2. The lowest BCUT2D eigenvalue weighted by molar-refractivity contribution is -0.130. The van der Waals surface area contributed by atoms with Crippen molar-refractivity contribution in [1.29, 1.82) is 0 Å². The Morgan fingerprint density at radius 1 is 1.33 bits per heavy atom. The fourth-order valence-corrected chi connectivity index (χ4v) is 1.67. The monoisotopic (exact) mass is 214 g/mol. The summed E-state index contributed by atoms with van der Waals surface area (Å²) in [6.45, 7) is 6.30. The van der Waals surface area contributed by atoms with Crippen molar-refractivity contribution in [1.82, 2.24) is 10.2 Å². The maximum atomic E-state index is 11.6. The Labute approximate surface area is 94.2 Å². The molecule has 2 unspecified atom stereocenters. The third-order valence-electron chi connectivity index (χ3n) is 2.70. The summed E-state index contributed by atoms with van der Waals surface area (Å²) in [6.07, 6.45) is 4.70. The van der Waals surface area contributed by atoms with Crippen LogP contribution in [-0.4, -0.2) is 37.0 Å². The minimum atomic E-state index is -0.0678. The third-order valence-corrected chi connectivity index (χ3v) is 2.70. The van der Waals surface area contributed by atoms with Gasteiger partial charge in [0.05, 0.1) is 6.04 Å². The summed E-state index contributed by atoms with van der Waals surface area (Å²) < 4.78 is 0. The van der Waals surface area contributed by atoms with Gasteiger partial charge in [-0.25, -0.2) is 0 Å². The Hall–Kier alpha value is -0.570. The van der Waals surface area contributed by atoms with Crippen LogP contribution in [0.4, 0.5) is 0 Å². The molecule has 0 aliphatic carbocycles. The third kappa shape index (κ3) is 5.78. The number of carbonyl (C=O) groups is 1. The molecule has 0 spiro atoms. The molecule has 0 bridgehead atoms. The maximum absolute atomic E-state index is 11.6. The van der Waals surface area contributed by atoms with Crippen LogP contribution in [0, 0.1) is 0 Å². The highest BCUT2D eigenvalue weighted by Crippen LogP contribution is 2.05. The van der Waals surface area contributed by atoms with Crippen LogP contribution in [0.25, 0.3) is 0 Å². The minimum Gasteiger partial charge on any atom is -0.347 e. The van der Waals surface area contributed by atoms with Crippen LogP contribution in [0.3, 0.4) is 0 Å². The molecule has 0 aromatic carbocycles. The van der Waals surface area contributed by atoms with Gasteiger partial charge in [-0.2, -0.15) is 0 Å². The second-order valence-corrected chi connectivity index (χ2v) is 4.37. The van der Waals surface area contributed by atoms with Gasteiger partial charge in [-0.05, 0) is 19.8 Å². The summed E-state index contributed by atoms with van der Waals surface area (Å²) in [5.74, 6) is 0.157. The molecule has 0 aromatic heterocycles. The van der Waals surface area contributed by atoms with Gasteiger partial charge in [0.25, 0.3) is 0 Å². The van der Waals surface area contributed by atoms with E-state index in [4.69, 9.17) is 0 Å². The van der Waals surface area contributed by atoms with Crippen molar-refractivity contribution in [2.75, 3.05) is 14.1 Å². The van der Waals surface area contributed by atoms with Crippen molar-refractivity contribution in [3.8, 4) is 0 Å². The smallest absolute Gasteiger partial charge is 0.238 e. The summed E-state index contributed by atoms with van der Waals surface area (Å²) in [4.78, 5) is 13.3. The number of unbranched alkanes of at least 4 members (excludes halogenated alkanes) is 1. The number of nitrogens with one attached hydrogen (secondary N) is 1. The van der Waals surface area contributed by atoms with Gasteiger partial charge in [-0.15, -0.1) is 0 Å². The first-order valence-electron chi connectivity index (χ1n) is 6.00. The van der Waals surface area contributed by atoms with Crippen LogP contribution in [-0.2, 0) is 4.79 Å². The molecule has 3 nitrogen and oxygen atoms in total. The Kier molecular flexibility index (Phi) is 7.39. The Bertz CT molecular complexity index is 180. The highest BCUT2D eigenvalue weighted by Gasteiger charge is 2.17. The van der Waals surface area contributed by atoms with Crippen molar-refractivity contribution in [2.24, 2.45) is 0 Å². The van der Waals surface area contributed by atoms with Crippen molar-refractivity contribution in [3.05, 3.63) is 0 Å². The van der Waals surface area contributed by atoms with E-state index in [2.05, 4.69) is 19.2 Å². The first-order valence-corrected chi connectivity index (χ1v) is 6.00. The summed E-state index contributed by atoms with van der Waals surface area (Å²) >= 11 is 0. The SMILES string of the molecule is CCCCC(CC)NC(C)C(=O)N(C)C. The number of nitrogens with zero attached hydrogens (tertiary/aromatic N) is 1. The van der Waals surface area contributed by atoms with Crippen LogP contribution in [0.15, 0.2) is 0 Å². The first-order chi connectivity index (χ1) is 7.02. The van der Waals surface area contributed by atoms with Crippen LogP contribution in [0.2, 0.25) is 0 Å². The Morgan fingerprint density at radius 3 is 2.33 bits per heavy atom. The van der Waals surface area contributed by atoms with Crippen molar-refractivity contribution in [2.45, 2.75) is 58.5 Å². The van der Waals surface area contributed by atoms with Gasteiger partial charge in [-0.3, -0.25) is 4.79 Å². The molecule has 2 atom stereocenters. The number of hydrogen-bond acceptors (Lipinski definition) is 2. The fourth-order valence-electron chi connectivity index (χ4n) is 1.67. The standard InChI is InChI=1S/C12H26N2O/c1-6-8-9-11(7-2)13-10(3)12(15)14(4)5/h10-11,13H,6-9H2,1-5H3. The van der Waals surface area contributed by atoms with Gasteiger partial charge in [-0.1, -0.05) is 26.7 Å². The molecule has 0 saturated carbocycles. The van der Waals surface area contributed by atoms with Crippen LogP contribution < -0.4 is 5.32 Å². The van der Waals surface area contributed by atoms with E-state index in [9.17, 15) is 4.79 Å². The molecular formula is C12H26N2O. The number of rotatable bonds is 7. The lowest BCUT2D eigenvalue weighted by Crippen LogP contribution is -2.45. The van der Waals surface area contributed by atoms with E-state index in [1.807, 2.05) is 6.92 Å². The van der Waals surface area contributed by atoms with Crippen molar-refractivity contribution in [3.63, 3.8) is 0 Å². The molecule has 15 heavy (non-hydrogen) atoms. The van der Waals surface area contributed by atoms with Gasteiger partial charge in [0.2, 0.25) is 5.91 Å². The predicted octanol–water partition coefficient (Wildman–Crippen LogP) is 2.02. The van der Waals surface area contributed by atoms with Gasteiger partial charge < -0.3 is 10.2 Å². The van der Waals surface area contributed by atoms with E-state index >= 15 is 0 Å². The summed E-state index contributed by atoms with van der Waals surface area (Å²) in [5.41, 5.74) is 0. The zero-order valence-corrected chi connectivity index (χ0v) is 10.8. The molecule has 0 saturated heterocycles. The lowest BCUT2D eigenvalue weighted by Gasteiger charge is -2.23. The molecule has 0 heterocycles. The average molecular weight is 214 g/mol. The summed E-state index contributed by atoms with van der Waals surface area (Å²) in [6, 6.07) is 0.408. The lowest BCUT2D eigenvalue weighted by atomic mass is 10.1. The molecule has 0 aliphatic rings.